The number of carbonyl (C=O) groups is 1. The monoisotopic (exact) mass is 302 g/mol. The fourth-order valence-electron chi connectivity index (χ4n) is 1.88. The molecule has 1 unspecified atom stereocenters. The Balaban J connectivity index is 1.56. The van der Waals surface area contributed by atoms with Crippen molar-refractivity contribution in [2.75, 3.05) is 6.61 Å². The second kappa shape index (κ2) is 5.88. The summed E-state index contributed by atoms with van der Waals surface area (Å²) in [6.45, 7) is 4.04. The first-order valence-corrected chi connectivity index (χ1v) is 7.29. The number of para-hydroxylation sites is 2. The van der Waals surface area contributed by atoms with E-state index in [0.717, 1.165) is 4.88 Å². The van der Waals surface area contributed by atoms with Gasteiger partial charge in [-0.2, -0.15) is 0 Å². The number of amides is 1. The van der Waals surface area contributed by atoms with Crippen LogP contribution in [0, 0.1) is 0 Å². The van der Waals surface area contributed by atoms with Gasteiger partial charge in [0.05, 0.1) is 10.6 Å². The van der Waals surface area contributed by atoms with Gasteiger partial charge in [0.1, 0.15) is 6.61 Å². The second-order valence-electron chi connectivity index (χ2n) is 4.43. The molecule has 1 amide bonds. The summed E-state index contributed by atoms with van der Waals surface area (Å²) >= 11 is 1.54. The number of benzene rings is 1. The Bertz CT molecular complexity index is 655. The highest BCUT2D eigenvalue weighted by Crippen LogP contribution is 2.30. The molecule has 0 radical (unpaired) electrons. The van der Waals surface area contributed by atoms with Crippen LogP contribution < -0.4 is 20.3 Å². The molecule has 6 heteroatoms. The van der Waals surface area contributed by atoms with Crippen LogP contribution in [0.25, 0.3) is 5.70 Å². The molecule has 1 aliphatic heterocycles. The highest BCUT2D eigenvalue weighted by Gasteiger charge is 2.27. The Morgan fingerprint density at radius 1 is 1.19 bits per heavy atom. The molecule has 0 spiro atoms. The lowest BCUT2D eigenvalue weighted by Gasteiger charge is -2.25. The normalized spacial score (nSPS) is 16.1. The summed E-state index contributed by atoms with van der Waals surface area (Å²) in [5, 5.41) is 1.94. The fourth-order valence-corrected chi connectivity index (χ4v) is 2.53. The maximum Gasteiger partial charge on any atom is 0.282 e. The number of thiophene rings is 1. The van der Waals surface area contributed by atoms with Crippen molar-refractivity contribution in [1.82, 2.24) is 10.9 Å². The molecule has 0 aliphatic carbocycles. The molecule has 2 heterocycles. The molecule has 5 nitrogen and oxygen atoms in total. The molecule has 0 saturated carbocycles. The summed E-state index contributed by atoms with van der Waals surface area (Å²) in [6, 6.07) is 11.1. The van der Waals surface area contributed by atoms with Gasteiger partial charge < -0.3 is 9.47 Å². The molecule has 1 aromatic carbocycles. The van der Waals surface area contributed by atoms with Gasteiger partial charge in [0, 0.05) is 0 Å². The Morgan fingerprint density at radius 3 is 2.76 bits per heavy atom. The molecule has 1 aliphatic rings. The highest BCUT2D eigenvalue weighted by molar-refractivity contribution is 7.11. The summed E-state index contributed by atoms with van der Waals surface area (Å²) in [5.74, 6) is 0.917. The largest absolute Gasteiger partial charge is 0.485 e. The molecule has 0 bridgehead atoms. The van der Waals surface area contributed by atoms with Gasteiger partial charge in [-0.1, -0.05) is 24.8 Å². The fraction of sp³-hybridized carbons (Fsp3) is 0.133. The standard InChI is InChI=1S/C15H14N2O3S/c1-10(14-7-4-8-21-14)16-17-15(18)13-9-19-11-5-2-3-6-12(11)20-13/h2-8,13,16H,1,9H2,(H,17,18). The van der Waals surface area contributed by atoms with Crippen LogP contribution >= 0.6 is 11.3 Å². The number of hydrogen-bond acceptors (Lipinski definition) is 5. The Kier molecular flexibility index (Phi) is 3.79. The molecule has 0 fully saturated rings. The molecular weight excluding hydrogens is 288 g/mol. The molecule has 1 aromatic heterocycles. The van der Waals surface area contributed by atoms with Crippen LogP contribution in [0.2, 0.25) is 0 Å². The van der Waals surface area contributed by atoms with Gasteiger partial charge in [0.25, 0.3) is 5.91 Å². The summed E-state index contributed by atoms with van der Waals surface area (Å²) in [6.07, 6.45) is -0.691. The number of ether oxygens (including phenoxy) is 2. The van der Waals surface area contributed by atoms with Crippen LogP contribution in [0.15, 0.2) is 48.4 Å². The average molecular weight is 302 g/mol. The van der Waals surface area contributed by atoms with E-state index >= 15 is 0 Å². The zero-order valence-electron chi connectivity index (χ0n) is 11.2. The van der Waals surface area contributed by atoms with Gasteiger partial charge in [-0.3, -0.25) is 15.6 Å². The summed E-state index contributed by atoms with van der Waals surface area (Å²) < 4.78 is 11.1. The number of hydrazine groups is 1. The quantitative estimate of drug-likeness (QED) is 0.850. The summed E-state index contributed by atoms with van der Waals surface area (Å²) in [4.78, 5) is 13.0. The van der Waals surface area contributed by atoms with E-state index in [9.17, 15) is 4.79 Å². The lowest BCUT2D eigenvalue weighted by Crippen LogP contribution is -2.48. The molecule has 2 aromatic rings. The summed E-state index contributed by atoms with van der Waals surface area (Å²) in [5.41, 5.74) is 6.01. The van der Waals surface area contributed by atoms with Crippen LogP contribution in [0.5, 0.6) is 11.5 Å². The van der Waals surface area contributed by atoms with Crippen molar-refractivity contribution >= 4 is 22.9 Å². The van der Waals surface area contributed by atoms with Gasteiger partial charge in [-0.05, 0) is 23.6 Å². The smallest absolute Gasteiger partial charge is 0.282 e. The van der Waals surface area contributed by atoms with E-state index in [1.54, 1.807) is 12.1 Å². The van der Waals surface area contributed by atoms with Crippen LogP contribution in [-0.4, -0.2) is 18.6 Å². The van der Waals surface area contributed by atoms with Crippen molar-refractivity contribution in [2.45, 2.75) is 6.10 Å². The lowest BCUT2D eigenvalue weighted by molar-refractivity contribution is -0.131. The highest BCUT2D eigenvalue weighted by atomic mass is 32.1. The number of rotatable bonds is 4. The number of nitrogens with one attached hydrogen (secondary N) is 2. The Hall–Kier alpha value is -2.47. The predicted octanol–water partition coefficient (Wildman–Crippen LogP) is 2.18. The van der Waals surface area contributed by atoms with E-state index in [0.29, 0.717) is 17.2 Å². The molecular formula is C15H14N2O3S. The van der Waals surface area contributed by atoms with Crippen molar-refractivity contribution in [3.8, 4) is 11.5 Å². The van der Waals surface area contributed by atoms with E-state index in [1.165, 1.54) is 11.3 Å². The minimum absolute atomic E-state index is 0.177. The molecule has 0 saturated heterocycles. The minimum atomic E-state index is -0.691. The predicted molar refractivity (Wildman–Crippen MR) is 81.0 cm³/mol. The van der Waals surface area contributed by atoms with Crippen LogP contribution in [0.4, 0.5) is 0 Å². The van der Waals surface area contributed by atoms with E-state index in [4.69, 9.17) is 9.47 Å². The van der Waals surface area contributed by atoms with Crippen LogP contribution in [-0.2, 0) is 4.79 Å². The van der Waals surface area contributed by atoms with E-state index in [-0.39, 0.29) is 12.5 Å². The SMILES string of the molecule is C=C(NNC(=O)C1COc2ccccc2O1)c1cccs1. The van der Waals surface area contributed by atoms with Crippen molar-refractivity contribution in [2.24, 2.45) is 0 Å². The topological polar surface area (TPSA) is 59.6 Å². The van der Waals surface area contributed by atoms with E-state index in [2.05, 4.69) is 17.4 Å². The lowest BCUT2D eigenvalue weighted by atomic mass is 10.2. The molecule has 108 valence electrons. The first-order chi connectivity index (χ1) is 10.2. The first-order valence-electron chi connectivity index (χ1n) is 6.41. The van der Waals surface area contributed by atoms with Gasteiger partial charge >= 0.3 is 0 Å². The van der Waals surface area contributed by atoms with Gasteiger partial charge in [-0.25, -0.2) is 0 Å². The van der Waals surface area contributed by atoms with Crippen molar-refractivity contribution in [3.63, 3.8) is 0 Å². The van der Waals surface area contributed by atoms with Crippen LogP contribution in [0.1, 0.15) is 4.88 Å². The maximum absolute atomic E-state index is 12.1. The van der Waals surface area contributed by atoms with Crippen LogP contribution in [0.3, 0.4) is 0 Å². The van der Waals surface area contributed by atoms with Crippen molar-refractivity contribution in [1.29, 1.82) is 0 Å². The first kappa shape index (κ1) is 13.5. The van der Waals surface area contributed by atoms with Gasteiger partial charge in [0.2, 0.25) is 6.10 Å². The second-order valence-corrected chi connectivity index (χ2v) is 5.38. The third-order valence-corrected chi connectivity index (χ3v) is 3.89. The molecule has 3 rings (SSSR count). The van der Waals surface area contributed by atoms with E-state index < -0.39 is 6.10 Å². The van der Waals surface area contributed by atoms with Crippen molar-refractivity contribution in [3.05, 3.63) is 53.2 Å². The van der Waals surface area contributed by atoms with Gasteiger partial charge in [0.15, 0.2) is 11.5 Å². The Morgan fingerprint density at radius 2 is 2.00 bits per heavy atom. The Labute approximate surface area is 126 Å². The van der Waals surface area contributed by atoms with E-state index in [1.807, 2.05) is 29.6 Å². The van der Waals surface area contributed by atoms with Gasteiger partial charge in [-0.15, -0.1) is 11.3 Å². The average Bonchev–Trinajstić information content (AvgIpc) is 3.06. The zero-order valence-corrected chi connectivity index (χ0v) is 12.0. The minimum Gasteiger partial charge on any atom is -0.485 e. The number of fused-ring (bicyclic) bond motifs is 1. The summed E-state index contributed by atoms with van der Waals surface area (Å²) in [7, 11) is 0. The number of carbonyl (C=O) groups excluding carboxylic acids is 1. The molecule has 2 N–H and O–H groups in total. The number of hydrogen-bond donors (Lipinski definition) is 2. The molecule has 21 heavy (non-hydrogen) atoms. The zero-order chi connectivity index (χ0) is 14.7. The van der Waals surface area contributed by atoms with Crippen molar-refractivity contribution < 1.29 is 14.3 Å². The third kappa shape index (κ3) is 3.00. The molecule has 1 atom stereocenters. The third-order valence-electron chi connectivity index (χ3n) is 2.96. The maximum atomic E-state index is 12.1.